The van der Waals surface area contributed by atoms with Crippen molar-refractivity contribution in [2.75, 3.05) is 6.54 Å². The first-order valence-electron chi connectivity index (χ1n) is 6.34. The van der Waals surface area contributed by atoms with E-state index in [1.54, 1.807) is 0 Å². The molecule has 1 rings (SSSR count). The normalized spacial score (nSPS) is 23.4. The van der Waals surface area contributed by atoms with Crippen molar-refractivity contribution in [2.45, 2.75) is 51.5 Å². The molecule has 3 N–H and O–H groups in total. The van der Waals surface area contributed by atoms with Crippen LogP contribution in [0, 0.1) is 5.92 Å². The second-order valence-corrected chi connectivity index (χ2v) is 4.87. The summed E-state index contributed by atoms with van der Waals surface area (Å²) in [5.41, 5.74) is 0. The second kappa shape index (κ2) is 7.14. The van der Waals surface area contributed by atoms with Crippen molar-refractivity contribution in [3.8, 4) is 0 Å². The van der Waals surface area contributed by atoms with Gasteiger partial charge < -0.3 is 15.7 Å². The van der Waals surface area contributed by atoms with Gasteiger partial charge in [0.25, 0.3) is 0 Å². The molecule has 2 amide bonds. The Morgan fingerprint density at radius 1 is 1.29 bits per heavy atom. The average molecular weight is 242 g/mol. The molecule has 0 aliphatic heterocycles. The third kappa shape index (κ3) is 6.14. The minimum absolute atomic E-state index is 0.126. The highest BCUT2D eigenvalue weighted by Crippen LogP contribution is 2.24. The molecule has 0 aromatic heterocycles. The Labute approximate surface area is 102 Å². The van der Waals surface area contributed by atoms with E-state index >= 15 is 0 Å². The molecule has 1 fully saturated rings. The number of unbranched alkanes of at least 4 members (excludes halogenated alkanes) is 1. The van der Waals surface area contributed by atoms with Crippen molar-refractivity contribution in [3.63, 3.8) is 0 Å². The zero-order chi connectivity index (χ0) is 12.7. The van der Waals surface area contributed by atoms with E-state index in [4.69, 9.17) is 5.11 Å². The molecule has 0 heterocycles. The lowest BCUT2D eigenvalue weighted by Crippen LogP contribution is -2.41. The van der Waals surface area contributed by atoms with Gasteiger partial charge in [0.1, 0.15) is 0 Å². The zero-order valence-corrected chi connectivity index (χ0v) is 10.4. The van der Waals surface area contributed by atoms with E-state index in [1.807, 2.05) is 0 Å². The molecule has 1 saturated carbocycles. The van der Waals surface area contributed by atoms with Gasteiger partial charge in [-0.05, 0) is 38.0 Å². The molecule has 0 aromatic carbocycles. The molecule has 5 nitrogen and oxygen atoms in total. The smallest absolute Gasteiger partial charge is 0.315 e. The van der Waals surface area contributed by atoms with Gasteiger partial charge >= 0.3 is 12.0 Å². The summed E-state index contributed by atoms with van der Waals surface area (Å²) in [5, 5.41) is 14.1. The molecule has 0 saturated heterocycles. The molecule has 98 valence electrons. The maximum absolute atomic E-state index is 11.5. The molecule has 1 aliphatic carbocycles. The SMILES string of the molecule is CC1CCC(NC(=O)NCCCCC(=O)O)C1. The average Bonchev–Trinajstić information content (AvgIpc) is 2.63. The van der Waals surface area contributed by atoms with Crippen LogP contribution in [-0.2, 0) is 4.79 Å². The van der Waals surface area contributed by atoms with Crippen LogP contribution in [0.25, 0.3) is 0 Å². The van der Waals surface area contributed by atoms with Crippen LogP contribution in [0.1, 0.15) is 45.4 Å². The number of amides is 2. The van der Waals surface area contributed by atoms with Crippen molar-refractivity contribution in [1.29, 1.82) is 0 Å². The number of hydrogen-bond acceptors (Lipinski definition) is 2. The molecule has 5 heteroatoms. The van der Waals surface area contributed by atoms with Gasteiger partial charge in [-0.3, -0.25) is 4.79 Å². The van der Waals surface area contributed by atoms with Crippen LogP contribution < -0.4 is 10.6 Å². The summed E-state index contributed by atoms with van der Waals surface area (Å²) in [5.74, 6) is -0.0785. The third-order valence-corrected chi connectivity index (χ3v) is 3.13. The predicted octanol–water partition coefficient (Wildman–Crippen LogP) is 1.73. The zero-order valence-electron chi connectivity index (χ0n) is 10.4. The Kier molecular flexibility index (Phi) is 5.80. The molecular formula is C12H22N2O3. The van der Waals surface area contributed by atoms with Crippen LogP contribution in [0.5, 0.6) is 0 Å². The molecule has 17 heavy (non-hydrogen) atoms. The lowest BCUT2D eigenvalue weighted by Gasteiger charge is -2.13. The molecule has 0 spiro atoms. The first-order chi connectivity index (χ1) is 8.08. The number of nitrogens with one attached hydrogen (secondary N) is 2. The van der Waals surface area contributed by atoms with Gasteiger partial charge in [-0.2, -0.15) is 0 Å². The summed E-state index contributed by atoms with van der Waals surface area (Å²) in [6, 6.07) is 0.184. The Balaban J connectivity index is 1.99. The number of rotatable bonds is 6. The Morgan fingerprint density at radius 2 is 2.06 bits per heavy atom. The van der Waals surface area contributed by atoms with Gasteiger partial charge in [0.15, 0.2) is 0 Å². The summed E-state index contributed by atoms with van der Waals surface area (Å²) in [6.07, 6.45) is 4.80. The second-order valence-electron chi connectivity index (χ2n) is 4.87. The van der Waals surface area contributed by atoms with Crippen LogP contribution in [0.4, 0.5) is 4.79 Å². The summed E-state index contributed by atoms with van der Waals surface area (Å²) in [4.78, 5) is 21.7. The van der Waals surface area contributed by atoms with Gasteiger partial charge in [-0.1, -0.05) is 6.92 Å². The standard InChI is InChI=1S/C12H22N2O3/c1-9-5-6-10(8-9)14-12(17)13-7-3-2-4-11(15)16/h9-10H,2-8H2,1H3,(H,15,16)(H2,13,14,17). The van der Waals surface area contributed by atoms with Crippen molar-refractivity contribution in [3.05, 3.63) is 0 Å². The van der Waals surface area contributed by atoms with E-state index < -0.39 is 5.97 Å². The number of carbonyl (C=O) groups excluding carboxylic acids is 1. The van der Waals surface area contributed by atoms with Crippen LogP contribution in [-0.4, -0.2) is 29.7 Å². The van der Waals surface area contributed by atoms with Gasteiger partial charge in [-0.25, -0.2) is 4.79 Å². The fourth-order valence-electron chi connectivity index (χ4n) is 2.18. The minimum atomic E-state index is -0.783. The Bertz CT molecular complexity index is 268. The van der Waals surface area contributed by atoms with Gasteiger partial charge in [-0.15, -0.1) is 0 Å². The van der Waals surface area contributed by atoms with Crippen LogP contribution in [0.2, 0.25) is 0 Å². The maximum Gasteiger partial charge on any atom is 0.315 e. The molecule has 2 atom stereocenters. The molecule has 2 unspecified atom stereocenters. The quantitative estimate of drug-likeness (QED) is 0.621. The lowest BCUT2D eigenvalue weighted by molar-refractivity contribution is -0.137. The summed E-state index contributed by atoms with van der Waals surface area (Å²) < 4.78 is 0. The van der Waals surface area contributed by atoms with E-state index in [9.17, 15) is 9.59 Å². The van der Waals surface area contributed by atoms with E-state index in [1.165, 1.54) is 6.42 Å². The van der Waals surface area contributed by atoms with Crippen molar-refractivity contribution in [1.82, 2.24) is 10.6 Å². The third-order valence-electron chi connectivity index (χ3n) is 3.13. The fraction of sp³-hybridized carbons (Fsp3) is 0.833. The van der Waals surface area contributed by atoms with Crippen molar-refractivity contribution < 1.29 is 14.7 Å². The molecule has 1 aliphatic rings. The highest BCUT2D eigenvalue weighted by atomic mass is 16.4. The monoisotopic (exact) mass is 242 g/mol. The highest BCUT2D eigenvalue weighted by Gasteiger charge is 2.22. The van der Waals surface area contributed by atoms with Gasteiger partial charge in [0.2, 0.25) is 0 Å². The first kappa shape index (κ1) is 13.8. The van der Waals surface area contributed by atoms with E-state index in [-0.39, 0.29) is 12.5 Å². The predicted molar refractivity (Wildman–Crippen MR) is 64.8 cm³/mol. The number of carboxylic acid groups (broad SMARTS) is 1. The van der Waals surface area contributed by atoms with Crippen molar-refractivity contribution in [2.24, 2.45) is 5.92 Å². The summed E-state index contributed by atoms with van der Waals surface area (Å²) in [6.45, 7) is 2.74. The topological polar surface area (TPSA) is 78.4 Å². The Morgan fingerprint density at radius 3 is 2.65 bits per heavy atom. The maximum atomic E-state index is 11.5. The molecule has 0 bridgehead atoms. The largest absolute Gasteiger partial charge is 0.481 e. The van der Waals surface area contributed by atoms with Crippen LogP contribution in [0.3, 0.4) is 0 Å². The first-order valence-corrected chi connectivity index (χ1v) is 6.34. The number of carbonyl (C=O) groups is 2. The number of hydrogen-bond donors (Lipinski definition) is 3. The highest BCUT2D eigenvalue weighted by molar-refractivity contribution is 5.74. The van der Waals surface area contributed by atoms with E-state index in [0.717, 1.165) is 12.8 Å². The molecular weight excluding hydrogens is 220 g/mol. The van der Waals surface area contributed by atoms with E-state index in [0.29, 0.717) is 31.3 Å². The molecule has 0 aromatic rings. The van der Waals surface area contributed by atoms with Crippen LogP contribution in [0.15, 0.2) is 0 Å². The van der Waals surface area contributed by atoms with Gasteiger partial charge in [0, 0.05) is 19.0 Å². The number of carboxylic acids is 1. The fourth-order valence-corrected chi connectivity index (χ4v) is 2.18. The van der Waals surface area contributed by atoms with E-state index in [2.05, 4.69) is 17.6 Å². The number of aliphatic carboxylic acids is 1. The Hall–Kier alpha value is -1.26. The van der Waals surface area contributed by atoms with Crippen LogP contribution >= 0.6 is 0 Å². The minimum Gasteiger partial charge on any atom is -0.481 e. The van der Waals surface area contributed by atoms with Gasteiger partial charge in [0.05, 0.1) is 0 Å². The summed E-state index contributed by atoms with van der Waals surface area (Å²) >= 11 is 0. The van der Waals surface area contributed by atoms with Crippen molar-refractivity contribution >= 4 is 12.0 Å². The lowest BCUT2D eigenvalue weighted by atomic mass is 10.1. The molecule has 0 radical (unpaired) electrons. The summed E-state index contributed by atoms with van der Waals surface area (Å²) in [7, 11) is 0. The number of urea groups is 1.